The molecule has 3 rings (SSSR count). The second-order valence-corrected chi connectivity index (χ2v) is 6.76. The van der Waals surface area contributed by atoms with Gasteiger partial charge in [0.15, 0.2) is 5.76 Å². The van der Waals surface area contributed by atoms with E-state index in [4.69, 9.17) is 32.4 Å². The number of carbonyl (C=O) groups is 1. The van der Waals surface area contributed by atoms with Crippen molar-refractivity contribution in [3.8, 4) is 11.5 Å². The van der Waals surface area contributed by atoms with Gasteiger partial charge in [0.2, 0.25) is 0 Å². The molecule has 0 spiro atoms. The van der Waals surface area contributed by atoms with Crippen molar-refractivity contribution < 1.29 is 27.5 Å². The standard InChI is InChI=1S/C20H15Cl2F2NO4/c1-11-8-13(3-5-15(11)21)27-10-14-4-7-18(28-14)19(26)25-12-2-6-17(16(22)9-12)29-20(23)24/h2-9,20H,10H2,1H3,(H,25,26). The molecule has 5 nitrogen and oxygen atoms in total. The van der Waals surface area contributed by atoms with E-state index in [-0.39, 0.29) is 23.1 Å². The molecule has 0 aliphatic heterocycles. The fourth-order valence-electron chi connectivity index (χ4n) is 2.40. The van der Waals surface area contributed by atoms with E-state index in [0.29, 0.717) is 22.2 Å². The number of nitrogens with one attached hydrogen (secondary N) is 1. The van der Waals surface area contributed by atoms with Gasteiger partial charge in [-0.25, -0.2) is 0 Å². The predicted octanol–water partition coefficient (Wildman–Crippen LogP) is 6.33. The Balaban J connectivity index is 1.60. The lowest BCUT2D eigenvalue weighted by atomic mass is 10.2. The van der Waals surface area contributed by atoms with Crippen molar-refractivity contribution in [3.05, 3.63) is 75.7 Å². The van der Waals surface area contributed by atoms with Crippen molar-refractivity contribution in [1.29, 1.82) is 0 Å². The highest BCUT2D eigenvalue weighted by atomic mass is 35.5. The SMILES string of the molecule is Cc1cc(OCc2ccc(C(=O)Nc3ccc(OC(F)F)c(Cl)c3)o2)ccc1Cl. The molecule has 0 radical (unpaired) electrons. The quantitative estimate of drug-likeness (QED) is 0.465. The molecule has 3 aromatic rings. The van der Waals surface area contributed by atoms with Gasteiger partial charge in [0.25, 0.3) is 5.91 Å². The van der Waals surface area contributed by atoms with Crippen LogP contribution in [0.15, 0.2) is 52.9 Å². The number of hydrogen-bond acceptors (Lipinski definition) is 4. The minimum absolute atomic E-state index is 0.0555. The Kier molecular flexibility index (Phi) is 6.61. The molecule has 0 bridgehead atoms. The first-order chi connectivity index (χ1) is 13.8. The first-order valence-corrected chi connectivity index (χ1v) is 9.11. The number of rotatable bonds is 7. The average Bonchev–Trinajstić information content (AvgIpc) is 3.14. The lowest BCUT2D eigenvalue weighted by Crippen LogP contribution is -2.11. The number of benzene rings is 2. The van der Waals surface area contributed by atoms with Crippen LogP contribution in [-0.2, 0) is 6.61 Å². The minimum atomic E-state index is -2.99. The largest absolute Gasteiger partial charge is 0.486 e. The Hall–Kier alpha value is -2.77. The van der Waals surface area contributed by atoms with E-state index < -0.39 is 12.5 Å². The maximum absolute atomic E-state index is 12.3. The van der Waals surface area contributed by atoms with E-state index >= 15 is 0 Å². The summed E-state index contributed by atoms with van der Waals surface area (Å²) < 4.78 is 39.9. The monoisotopic (exact) mass is 441 g/mol. The van der Waals surface area contributed by atoms with Crippen LogP contribution in [0, 0.1) is 6.92 Å². The van der Waals surface area contributed by atoms with Crippen LogP contribution in [-0.4, -0.2) is 12.5 Å². The van der Waals surface area contributed by atoms with Crippen molar-refractivity contribution in [2.45, 2.75) is 20.1 Å². The van der Waals surface area contributed by atoms with Crippen LogP contribution in [0.3, 0.4) is 0 Å². The highest BCUT2D eigenvalue weighted by Crippen LogP contribution is 2.29. The van der Waals surface area contributed by atoms with Crippen LogP contribution in [0.5, 0.6) is 11.5 Å². The van der Waals surface area contributed by atoms with E-state index in [1.165, 1.54) is 24.3 Å². The van der Waals surface area contributed by atoms with Crippen molar-refractivity contribution in [2.75, 3.05) is 5.32 Å². The third-order valence-electron chi connectivity index (χ3n) is 3.80. The highest BCUT2D eigenvalue weighted by molar-refractivity contribution is 6.32. The molecule has 0 unspecified atom stereocenters. The Morgan fingerprint density at radius 2 is 1.90 bits per heavy atom. The molecule has 1 N–H and O–H groups in total. The van der Waals surface area contributed by atoms with Gasteiger partial charge in [-0.05, 0) is 61.0 Å². The zero-order valence-corrected chi connectivity index (χ0v) is 16.6. The Bertz CT molecular complexity index is 1020. The average molecular weight is 442 g/mol. The lowest BCUT2D eigenvalue weighted by molar-refractivity contribution is -0.0497. The topological polar surface area (TPSA) is 60.7 Å². The molecule has 2 aromatic carbocycles. The number of anilines is 1. The molecule has 0 aliphatic rings. The summed E-state index contributed by atoms with van der Waals surface area (Å²) in [6.07, 6.45) is 0. The van der Waals surface area contributed by atoms with E-state index in [1.54, 1.807) is 24.3 Å². The summed E-state index contributed by atoms with van der Waals surface area (Å²) in [5.41, 5.74) is 1.18. The Morgan fingerprint density at radius 3 is 2.59 bits per heavy atom. The summed E-state index contributed by atoms with van der Waals surface area (Å²) in [6, 6.07) is 12.3. The van der Waals surface area contributed by atoms with Crippen molar-refractivity contribution >= 4 is 34.8 Å². The maximum Gasteiger partial charge on any atom is 0.387 e. The number of furan rings is 1. The number of carbonyl (C=O) groups excluding carboxylic acids is 1. The molecule has 1 heterocycles. The number of aryl methyl sites for hydroxylation is 1. The fraction of sp³-hybridized carbons (Fsp3) is 0.150. The molecular weight excluding hydrogens is 427 g/mol. The second-order valence-electron chi connectivity index (χ2n) is 5.94. The molecule has 29 heavy (non-hydrogen) atoms. The van der Waals surface area contributed by atoms with E-state index in [1.807, 2.05) is 6.92 Å². The summed E-state index contributed by atoms with van der Waals surface area (Å²) in [7, 11) is 0. The first kappa shape index (κ1) is 21.0. The predicted molar refractivity (Wildman–Crippen MR) is 105 cm³/mol. The van der Waals surface area contributed by atoms with Crippen LogP contribution in [0.25, 0.3) is 0 Å². The van der Waals surface area contributed by atoms with Crippen LogP contribution >= 0.6 is 23.2 Å². The number of hydrogen-bond donors (Lipinski definition) is 1. The Morgan fingerprint density at radius 1 is 1.10 bits per heavy atom. The van der Waals surface area contributed by atoms with Crippen LogP contribution < -0.4 is 14.8 Å². The minimum Gasteiger partial charge on any atom is -0.486 e. The molecule has 152 valence electrons. The fourth-order valence-corrected chi connectivity index (χ4v) is 2.74. The molecule has 0 fully saturated rings. The molecule has 0 saturated carbocycles. The molecular formula is C20H15Cl2F2NO4. The summed E-state index contributed by atoms with van der Waals surface area (Å²) >= 11 is 11.8. The van der Waals surface area contributed by atoms with Gasteiger partial charge in [0.05, 0.1) is 5.02 Å². The number of ether oxygens (including phenoxy) is 2. The third-order valence-corrected chi connectivity index (χ3v) is 4.52. The summed E-state index contributed by atoms with van der Waals surface area (Å²) in [5.74, 6) is 0.406. The zero-order valence-electron chi connectivity index (χ0n) is 15.0. The van der Waals surface area contributed by atoms with Crippen LogP contribution in [0.4, 0.5) is 14.5 Å². The van der Waals surface area contributed by atoms with Gasteiger partial charge in [0.1, 0.15) is 23.9 Å². The van der Waals surface area contributed by atoms with Crippen LogP contribution in [0.1, 0.15) is 21.9 Å². The Labute approximate surface area is 175 Å². The highest BCUT2D eigenvalue weighted by Gasteiger charge is 2.14. The molecule has 1 aromatic heterocycles. The van der Waals surface area contributed by atoms with Gasteiger partial charge >= 0.3 is 6.61 Å². The lowest BCUT2D eigenvalue weighted by Gasteiger charge is -2.09. The van der Waals surface area contributed by atoms with Gasteiger partial charge in [-0.3, -0.25) is 4.79 Å². The van der Waals surface area contributed by atoms with Crippen LogP contribution in [0.2, 0.25) is 10.0 Å². The first-order valence-electron chi connectivity index (χ1n) is 8.35. The third kappa shape index (κ3) is 5.62. The maximum atomic E-state index is 12.3. The van der Waals surface area contributed by atoms with E-state index in [2.05, 4.69) is 10.1 Å². The molecule has 1 amide bonds. The molecule has 9 heteroatoms. The van der Waals surface area contributed by atoms with Crippen molar-refractivity contribution in [3.63, 3.8) is 0 Å². The summed E-state index contributed by atoms with van der Waals surface area (Å²) in [4.78, 5) is 12.3. The summed E-state index contributed by atoms with van der Waals surface area (Å²) in [5, 5.41) is 3.15. The van der Waals surface area contributed by atoms with E-state index in [0.717, 1.165) is 5.56 Å². The molecule has 0 aliphatic carbocycles. The van der Waals surface area contributed by atoms with Gasteiger partial charge in [0, 0.05) is 10.7 Å². The number of amides is 1. The normalized spacial score (nSPS) is 10.8. The van der Waals surface area contributed by atoms with Gasteiger partial charge < -0.3 is 19.2 Å². The second kappa shape index (κ2) is 9.15. The van der Waals surface area contributed by atoms with Crippen molar-refractivity contribution in [2.24, 2.45) is 0 Å². The van der Waals surface area contributed by atoms with E-state index in [9.17, 15) is 13.6 Å². The molecule has 0 atom stereocenters. The molecule has 0 saturated heterocycles. The number of halogens is 4. The zero-order chi connectivity index (χ0) is 21.0. The smallest absolute Gasteiger partial charge is 0.387 e. The van der Waals surface area contributed by atoms with Gasteiger partial charge in [-0.1, -0.05) is 23.2 Å². The van der Waals surface area contributed by atoms with Gasteiger partial charge in [-0.2, -0.15) is 8.78 Å². The van der Waals surface area contributed by atoms with Crippen molar-refractivity contribution in [1.82, 2.24) is 0 Å². The summed E-state index contributed by atoms with van der Waals surface area (Å²) in [6.45, 7) is -1.00. The number of alkyl halides is 2. The van der Waals surface area contributed by atoms with Gasteiger partial charge in [-0.15, -0.1) is 0 Å².